The van der Waals surface area contributed by atoms with Gasteiger partial charge in [0.1, 0.15) is 0 Å². The summed E-state index contributed by atoms with van der Waals surface area (Å²) in [6, 6.07) is 10.6. The van der Waals surface area contributed by atoms with Gasteiger partial charge in [0.05, 0.1) is 5.60 Å². The van der Waals surface area contributed by atoms with Crippen LogP contribution in [0.5, 0.6) is 0 Å². The minimum atomic E-state index is -0.629. The van der Waals surface area contributed by atoms with E-state index >= 15 is 0 Å². The lowest BCUT2D eigenvalue weighted by atomic mass is 9.89. The van der Waals surface area contributed by atoms with Crippen molar-refractivity contribution in [3.05, 3.63) is 61.2 Å². The average Bonchev–Trinajstić information content (AvgIpc) is 2.40. The van der Waals surface area contributed by atoms with Gasteiger partial charge in [-0.15, -0.1) is 13.2 Å². The van der Waals surface area contributed by atoms with Gasteiger partial charge in [-0.3, -0.25) is 0 Å². The standard InChI is InChI=1S/C18H26O/c1-3-14-18(19,15-4-2)16-10-6-9-13-17-11-7-5-8-12-17/h3-5,7-8,11-12,19H,1-2,6,9-10,13-16H2. The van der Waals surface area contributed by atoms with E-state index in [9.17, 15) is 5.11 Å². The summed E-state index contributed by atoms with van der Waals surface area (Å²) in [5.74, 6) is 0. The molecule has 19 heavy (non-hydrogen) atoms. The molecule has 1 N–H and O–H groups in total. The van der Waals surface area contributed by atoms with E-state index in [2.05, 4.69) is 37.4 Å². The first-order valence-electron chi connectivity index (χ1n) is 7.18. The molecule has 0 radical (unpaired) electrons. The third kappa shape index (κ3) is 6.40. The first kappa shape index (κ1) is 15.7. The van der Waals surface area contributed by atoms with Crippen LogP contribution in [0.15, 0.2) is 55.6 Å². The van der Waals surface area contributed by atoms with Crippen LogP contribution in [0.25, 0.3) is 0 Å². The SMILES string of the molecule is C=CCC(O)(CC=C)CCCCCc1ccccc1. The predicted octanol–water partition coefficient (Wildman–Crippen LogP) is 4.67. The van der Waals surface area contributed by atoms with E-state index < -0.39 is 5.60 Å². The topological polar surface area (TPSA) is 20.2 Å². The molecule has 0 aliphatic carbocycles. The summed E-state index contributed by atoms with van der Waals surface area (Å²) in [5, 5.41) is 10.4. The molecule has 1 aromatic rings. The van der Waals surface area contributed by atoms with E-state index in [0.29, 0.717) is 12.8 Å². The van der Waals surface area contributed by atoms with Gasteiger partial charge in [-0.05, 0) is 37.7 Å². The van der Waals surface area contributed by atoms with Crippen molar-refractivity contribution >= 4 is 0 Å². The number of rotatable bonds is 10. The molecule has 0 atom stereocenters. The number of benzene rings is 1. The van der Waals surface area contributed by atoms with Gasteiger partial charge in [-0.1, -0.05) is 55.3 Å². The van der Waals surface area contributed by atoms with Gasteiger partial charge in [0.2, 0.25) is 0 Å². The summed E-state index contributed by atoms with van der Waals surface area (Å²) in [4.78, 5) is 0. The number of hydrogen-bond donors (Lipinski definition) is 1. The van der Waals surface area contributed by atoms with Gasteiger partial charge in [-0.2, -0.15) is 0 Å². The number of aryl methyl sites for hydroxylation is 1. The third-order valence-electron chi connectivity index (χ3n) is 3.50. The molecule has 0 fully saturated rings. The zero-order valence-corrected chi connectivity index (χ0v) is 11.9. The highest BCUT2D eigenvalue weighted by Gasteiger charge is 2.22. The molecule has 1 rings (SSSR count). The summed E-state index contributed by atoms with van der Waals surface area (Å²) in [6.07, 6.45) is 10.3. The first-order valence-corrected chi connectivity index (χ1v) is 7.18. The Morgan fingerprint density at radius 2 is 1.58 bits per heavy atom. The van der Waals surface area contributed by atoms with Gasteiger partial charge in [0.25, 0.3) is 0 Å². The molecule has 0 aliphatic rings. The summed E-state index contributed by atoms with van der Waals surface area (Å²) in [7, 11) is 0. The number of hydrogen-bond acceptors (Lipinski definition) is 1. The lowest BCUT2D eigenvalue weighted by Gasteiger charge is -2.25. The monoisotopic (exact) mass is 258 g/mol. The van der Waals surface area contributed by atoms with E-state index in [1.54, 1.807) is 12.2 Å². The molecule has 0 aliphatic heterocycles. The lowest BCUT2D eigenvalue weighted by molar-refractivity contribution is 0.0348. The van der Waals surface area contributed by atoms with E-state index in [4.69, 9.17) is 0 Å². The average molecular weight is 258 g/mol. The van der Waals surface area contributed by atoms with Crippen LogP contribution in [0.2, 0.25) is 0 Å². The fourth-order valence-corrected chi connectivity index (χ4v) is 2.43. The smallest absolute Gasteiger partial charge is 0.0716 e. The van der Waals surface area contributed by atoms with Crippen molar-refractivity contribution in [3.63, 3.8) is 0 Å². The second-order valence-electron chi connectivity index (χ2n) is 5.26. The van der Waals surface area contributed by atoms with E-state index in [1.165, 1.54) is 12.0 Å². The molecule has 104 valence electrons. The Hall–Kier alpha value is -1.34. The van der Waals surface area contributed by atoms with Gasteiger partial charge in [0.15, 0.2) is 0 Å². The zero-order chi connectivity index (χ0) is 14.0. The normalized spacial score (nSPS) is 11.2. The van der Waals surface area contributed by atoms with Crippen molar-refractivity contribution < 1.29 is 5.11 Å². The fourth-order valence-electron chi connectivity index (χ4n) is 2.43. The van der Waals surface area contributed by atoms with Gasteiger partial charge in [0, 0.05) is 0 Å². The van der Waals surface area contributed by atoms with Crippen LogP contribution >= 0.6 is 0 Å². The number of unbranched alkanes of at least 4 members (excludes halogenated alkanes) is 2. The quantitative estimate of drug-likeness (QED) is 0.477. The van der Waals surface area contributed by atoms with Crippen molar-refractivity contribution in [2.24, 2.45) is 0 Å². The van der Waals surface area contributed by atoms with Crippen LogP contribution in [-0.4, -0.2) is 10.7 Å². The van der Waals surface area contributed by atoms with E-state index in [0.717, 1.165) is 25.7 Å². The van der Waals surface area contributed by atoms with E-state index in [-0.39, 0.29) is 0 Å². The van der Waals surface area contributed by atoms with Crippen LogP contribution in [0.4, 0.5) is 0 Å². The second kappa shape index (κ2) is 8.71. The Labute approximate surface area is 117 Å². The molecular weight excluding hydrogens is 232 g/mol. The van der Waals surface area contributed by atoms with Crippen LogP contribution in [-0.2, 0) is 6.42 Å². The molecule has 0 amide bonds. The molecule has 0 unspecified atom stereocenters. The third-order valence-corrected chi connectivity index (χ3v) is 3.50. The Bertz CT molecular complexity index is 357. The highest BCUT2D eigenvalue weighted by molar-refractivity contribution is 5.14. The van der Waals surface area contributed by atoms with Gasteiger partial charge < -0.3 is 5.11 Å². The van der Waals surface area contributed by atoms with Crippen molar-refractivity contribution in [2.45, 2.75) is 50.5 Å². The number of aliphatic hydroxyl groups is 1. The summed E-state index contributed by atoms with van der Waals surface area (Å²) in [6.45, 7) is 7.44. The minimum absolute atomic E-state index is 0.629. The van der Waals surface area contributed by atoms with Crippen molar-refractivity contribution in [1.82, 2.24) is 0 Å². The van der Waals surface area contributed by atoms with E-state index in [1.807, 2.05) is 6.07 Å². The molecule has 1 aromatic carbocycles. The molecule has 0 spiro atoms. The molecule has 0 saturated heterocycles. The molecular formula is C18H26O. The van der Waals surface area contributed by atoms with Crippen molar-refractivity contribution in [1.29, 1.82) is 0 Å². The summed E-state index contributed by atoms with van der Waals surface area (Å²) in [5.41, 5.74) is 0.769. The summed E-state index contributed by atoms with van der Waals surface area (Å²) < 4.78 is 0. The predicted molar refractivity (Wildman–Crippen MR) is 83.2 cm³/mol. The van der Waals surface area contributed by atoms with Gasteiger partial charge in [-0.25, -0.2) is 0 Å². The summed E-state index contributed by atoms with van der Waals surface area (Å²) >= 11 is 0. The molecule has 0 saturated carbocycles. The maximum absolute atomic E-state index is 10.4. The molecule has 1 nitrogen and oxygen atoms in total. The highest BCUT2D eigenvalue weighted by Crippen LogP contribution is 2.24. The molecule has 0 heterocycles. The van der Waals surface area contributed by atoms with Crippen LogP contribution < -0.4 is 0 Å². The van der Waals surface area contributed by atoms with Gasteiger partial charge >= 0.3 is 0 Å². The molecule has 0 bridgehead atoms. The maximum atomic E-state index is 10.4. The Kier molecular flexibility index (Phi) is 7.20. The van der Waals surface area contributed by atoms with Crippen LogP contribution in [0.1, 0.15) is 44.1 Å². The largest absolute Gasteiger partial charge is 0.389 e. The van der Waals surface area contributed by atoms with Crippen LogP contribution in [0.3, 0.4) is 0 Å². The Balaban J connectivity index is 2.21. The van der Waals surface area contributed by atoms with Crippen LogP contribution in [0, 0.1) is 0 Å². The highest BCUT2D eigenvalue weighted by atomic mass is 16.3. The zero-order valence-electron chi connectivity index (χ0n) is 11.9. The maximum Gasteiger partial charge on any atom is 0.0716 e. The second-order valence-corrected chi connectivity index (χ2v) is 5.26. The fraction of sp³-hybridized carbons (Fsp3) is 0.444. The van der Waals surface area contributed by atoms with Crippen molar-refractivity contribution in [2.75, 3.05) is 0 Å². The Morgan fingerprint density at radius 1 is 0.947 bits per heavy atom. The molecule has 0 aromatic heterocycles. The molecule has 1 heteroatoms. The first-order chi connectivity index (χ1) is 9.20. The minimum Gasteiger partial charge on any atom is -0.389 e. The van der Waals surface area contributed by atoms with Crippen molar-refractivity contribution in [3.8, 4) is 0 Å². The Morgan fingerprint density at radius 3 is 2.16 bits per heavy atom. The lowest BCUT2D eigenvalue weighted by Crippen LogP contribution is -2.26.